The molecule has 1 fully saturated rings. The summed E-state index contributed by atoms with van der Waals surface area (Å²) in [5.74, 6) is -0.659. The number of aliphatic hydroxyl groups is 1. The number of hydrogen-bond acceptors (Lipinski definition) is 2. The fraction of sp³-hybridized carbons (Fsp3) is 0.500. The molecule has 1 aromatic rings. The second-order valence-electron chi connectivity index (χ2n) is 4.63. The van der Waals surface area contributed by atoms with Crippen molar-refractivity contribution in [2.75, 3.05) is 6.61 Å². The van der Waals surface area contributed by atoms with Crippen LogP contribution in [0.3, 0.4) is 0 Å². The van der Waals surface area contributed by atoms with Crippen LogP contribution >= 0.6 is 23.2 Å². The first-order chi connectivity index (χ1) is 8.63. The van der Waals surface area contributed by atoms with Gasteiger partial charge in [0, 0.05) is 17.9 Å². The van der Waals surface area contributed by atoms with Crippen molar-refractivity contribution in [3.63, 3.8) is 0 Å². The summed E-state index contributed by atoms with van der Waals surface area (Å²) in [5.41, 5.74) is -0.0205. The summed E-state index contributed by atoms with van der Waals surface area (Å²) in [6.45, 7) is 1.57. The Morgan fingerprint density at radius 1 is 1.26 bits per heavy atom. The van der Waals surface area contributed by atoms with Gasteiger partial charge in [-0.05, 0) is 17.7 Å². The molecule has 0 aliphatic heterocycles. The van der Waals surface area contributed by atoms with Gasteiger partial charge in [-0.25, -0.2) is 0 Å². The summed E-state index contributed by atoms with van der Waals surface area (Å²) >= 11 is 12.2. The van der Waals surface area contributed by atoms with E-state index in [9.17, 15) is 18.3 Å². The summed E-state index contributed by atoms with van der Waals surface area (Å²) in [4.78, 5) is 0. The standard InChI is InChI=1S/C12H11Cl2F3O2/c1-10(9(6-18)11(10,13)14)7-2-4-8(5-3-7)19-12(15,16)17/h2-5,9,18H,6H2,1H3/t9-,10-/m1/s1. The number of rotatable bonds is 3. The zero-order valence-electron chi connectivity index (χ0n) is 9.84. The highest BCUT2D eigenvalue weighted by Crippen LogP contribution is 2.69. The molecule has 106 valence electrons. The quantitative estimate of drug-likeness (QED) is 0.863. The molecule has 1 N–H and O–H groups in total. The highest BCUT2D eigenvalue weighted by Gasteiger charge is 2.73. The van der Waals surface area contributed by atoms with Crippen molar-refractivity contribution in [2.45, 2.75) is 23.0 Å². The highest BCUT2D eigenvalue weighted by atomic mass is 35.5. The van der Waals surface area contributed by atoms with Crippen molar-refractivity contribution in [1.82, 2.24) is 0 Å². The Labute approximate surface area is 118 Å². The maximum Gasteiger partial charge on any atom is 0.573 e. The van der Waals surface area contributed by atoms with Crippen LogP contribution in [0.5, 0.6) is 5.75 Å². The van der Waals surface area contributed by atoms with E-state index in [4.69, 9.17) is 23.2 Å². The third kappa shape index (κ3) is 2.39. The van der Waals surface area contributed by atoms with Gasteiger partial charge in [0.15, 0.2) is 0 Å². The lowest BCUT2D eigenvalue weighted by Gasteiger charge is -2.14. The first kappa shape index (κ1) is 14.8. The molecule has 0 spiro atoms. The first-order valence-electron chi connectivity index (χ1n) is 5.48. The van der Waals surface area contributed by atoms with Crippen molar-refractivity contribution in [3.8, 4) is 5.75 Å². The largest absolute Gasteiger partial charge is 0.573 e. The van der Waals surface area contributed by atoms with Crippen molar-refractivity contribution in [2.24, 2.45) is 5.92 Å². The smallest absolute Gasteiger partial charge is 0.406 e. The minimum Gasteiger partial charge on any atom is -0.406 e. The van der Waals surface area contributed by atoms with Crippen molar-refractivity contribution in [3.05, 3.63) is 29.8 Å². The maximum atomic E-state index is 12.0. The fourth-order valence-electron chi connectivity index (χ4n) is 2.31. The van der Waals surface area contributed by atoms with E-state index in [1.807, 2.05) is 0 Å². The highest BCUT2D eigenvalue weighted by molar-refractivity contribution is 6.52. The summed E-state index contributed by atoms with van der Waals surface area (Å²) in [5, 5.41) is 9.20. The molecule has 1 aliphatic rings. The SMILES string of the molecule is C[C@@]1(c2ccc(OC(F)(F)F)cc2)[C@@H](CO)C1(Cl)Cl. The molecule has 0 radical (unpaired) electrons. The lowest BCUT2D eigenvalue weighted by molar-refractivity contribution is -0.274. The number of halogens is 5. The van der Waals surface area contributed by atoms with E-state index in [0.29, 0.717) is 5.56 Å². The number of benzene rings is 1. The van der Waals surface area contributed by atoms with Crippen molar-refractivity contribution < 1.29 is 23.0 Å². The monoisotopic (exact) mass is 314 g/mol. The second-order valence-corrected chi connectivity index (χ2v) is 6.02. The Kier molecular flexibility index (Phi) is 3.44. The number of alkyl halides is 5. The molecular weight excluding hydrogens is 304 g/mol. The van der Waals surface area contributed by atoms with Crippen LogP contribution in [-0.2, 0) is 5.41 Å². The number of ether oxygens (including phenoxy) is 1. The molecule has 0 amide bonds. The van der Waals surface area contributed by atoms with Crippen molar-refractivity contribution >= 4 is 23.2 Å². The lowest BCUT2D eigenvalue weighted by atomic mass is 9.95. The van der Waals surface area contributed by atoms with Crippen LogP contribution < -0.4 is 4.74 Å². The minimum atomic E-state index is -4.72. The third-order valence-corrected chi connectivity index (χ3v) is 4.93. The average molecular weight is 315 g/mol. The van der Waals surface area contributed by atoms with Gasteiger partial charge in [0.2, 0.25) is 0 Å². The van der Waals surface area contributed by atoms with E-state index in [1.54, 1.807) is 6.92 Å². The van der Waals surface area contributed by atoms with Crippen LogP contribution in [0, 0.1) is 5.92 Å². The topological polar surface area (TPSA) is 29.5 Å². The Balaban J connectivity index is 2.21. The average Bonchev–Trinajstić information content (AvgIpc) is 2.72. The predicted octanol–water partition coefficient (Wildman–Crippen LogP) is 3.64. The zero-order chi connectivity index (χ0) is 14.5. The third-order valence-electron chi connectivity index (χ3n) is 3.61. The zero-order valence-corrected chi connectivity index (χ0v) is 11.4. The van der Waals surface area contributed by atoms with E-state index in [2.05, 4.69) is 4.74 Å². The van der Waals surface area contributed by atoms with Crippen LogP contribution in [0.4, 0.5) is 13.2 Å². The maximum absolute atomic E-state index is 12.0. The summed E-state index contributed by atoms with van der Waals surface area (Å²) < 4.78 is 38.8. The molecule has 0 saturated heterocycles. The molecule has 2 atom stereocenters. The number of hydrogen-bond donors (Lipinski definition) is 1. The molecule has 0 aromatic heterocycles. The molecular formula is C12H11Cl2F3O2. The van der Waals surface area contributed by atoms with Gasteiger partial charge in [0.25, 0.3) is 0 Å². The van der Waals surface area contributed by atoms with E-state index in [-0.39, 0.29) is 18.3 Å². The summed E-state index contributed by atoms with van der Waals surface area (Å²) in [6, 6.07) is 5.34. The molecule has 1 saturated carbocycles. The first-order valence-corrected chi connectivity index (χ1v) is 6.23. The second kappa shape index (κ2) is 4.43. The number of aliphatic hydroxyl groups excluding tert-OH is 1. The molecule has 2 nitrogen and oxygen atoms in total. The van der Waals surface area contributed by atoms with Crippen LogP contribution in [0.15, 0.2) is 24.3 Å². The molecule has 2 rings (SSSR count). The summed E-state index contributed by atoms with van der Waals surface area (Å²) in [6.07, 6.45) is -4.72. The van der Waals surface area contributed by atoms with Gasteiger partial charge in [-0.15, -0.1) is 36.4 Å². The van der Waals surface area contributed by atoms with E-state index >= 15 is 0 Å². The Morgan fingerprint density at radius 2 is 1.79 bits per heavy atom. The van der Waals surface area contributed by atoms with Gasteiger partial charge >= 0.3 is 6.36 Å². The van der Waals surface area contributed by atoms with Crippen LogP contribution in [0.25, 0.3) is 0 Å². The molecule has 0 heterocycles. The molecule has 1 aliphatic carbocycles. The van der Waals surface area contributed by atoms with Crippen molar-refractivity contribution in [1.29, 1.82) is 0 Å². The normalized spacial score (nSPS) is 29.1. The van der Waals surface area contributed by atoms with Gasteiger partial charge < -0.3 is 9.84 Å². The minimum absolute atomic E-state index is 0.190. The molecule has 7 heteroatoms. The van der Waals surface area contributed by atoms with E-state index in [1.165, 1.54) is 24.3 Å². The molecule has 0 bridgehead atoms. The van der Waals surface area contributed by atoms with E-state index in [0.717, 1.165) is 0 Å². The van der Waals surface area contributed by atoms with Gasteiger partial charge in [0.1, 0.15) is 10.1 Å². The predicted molar refractivity (Wildman–Crippen MR) is 65.5 cm³/mol. The van der Waals surface area contributed by atoms with Gasteiger partial charge in [-0.1, -0.05) is 19.1 Å². The Hall–Kier alpha value is -0.650. The Morgan fingerprint density at radius 3 is 2.16 bits per heavy atom. The van der Waals surface area contributed by atoms with Gasteiger partial charge in [0.05, 0.1) is 0 Å². The van der Waals surface area contributed by atoms with Gasteiger partial charge in [-0.2, -0.15) is 0 Å². The molecule has 0 unspecified atom stereocenters. The van der Waals surface area contributed by atoms with Gasteiger partial charge in [-0.3, -0.25) is 0 Å². The molecule has 1 aromatic carbocycles. The fourth-order valence-corrected chi connectivity index (χ4v) is 3.26. The molecule has 19 heavy (non-hydrogen) atoms. The summed E-state index contributed by atoms with van der Waals surface area (Å²) in [7, 11) is 0. The lowest BCUT2D eigenvalue weighted by Crippen LogP contribution is -2.17. The van der Waals surface area contributed by atoms with E-state index < -0.39 is 16.1 Å². The van der Waals surface area contributed by atoms with Crippen LogP contribution in [-0.4, -0.2) is 22.4 Å². The van der Waals surface area contributed by atoms with Crippen LogP contribution in [0.1, 0.15) is 12.5 Å². The Bertz CT molecular complexity index is 473. The van der Waals surface area contributed by atoms with Crippen LogP contribution in [0.2, 0.25) is 0 Å².